The molecule has 1 saturated heterocycles. The number of fused-ring (bicyclic) bond motifs is 1. The molecule has 270 valence electrons. The van der Waals surface area contributed by atoms with E-state index < -0.39 is 18.0 Å². The van der Waals surface area contributed by atoms with Crippen molar-refractivity contribution < 1.29 is 14.4 Å². The van der Waals surface area contributed by atoms with Gasteiger partial charge in [-0.25, -0.2) is 4.79 Å². The van der Waals surface area contributed by atoms with E-state index in [1.165, 1.54) is 30.4 Å². The van der Waals surface area contributed by atoms with Crippen LogP contribution in [0.3, 0.4) is 0 Å². The molecule has 0 saturated carbocycles. The van der Waals surface area contributed by atoms with Crippen LogP contribution < -0.4 is 27.4 Å². The molecule has 0 spiro atoms. The molecule has 7 N–H and O–H groups in total. The minimum atomic E-state index is -0.844. The first kappa shape index (κ1) is 37.5. The number of urea groups is 1. The molecule has 12 nitrogen and oxygen atoms in total. The number of guanidine groups is 1. The van der Waals surface area contributed by atoms with Gasteiger partial charge in [-0.2, -0.15) is 0 Å². The average molecular weight is 735 g/mol. The Labute approximate surface area is 308 Å². The summed E-state index contributed by atoms with van der Waals surface area (Å²) in [4.78, 5) is 47.2. The van der Waals surface area contributed by atoms with Crippen LogP contribution in [0.5, 0.6) is 0 Å². The number of likely N-dealkylation sites (tertiary alicyclic amines) is 1. The fourth-order valence-electron chi connectivity index (χ4n) is 6.16. The number of nitrogens with one attached hydrogen (secondary N) is 3. The molecule has 0 bridgehead atoms. The summed E-state index contributed by atoms with van der Waals surface area (Å²) in [6.45, 7) is 3.75. The highest BCUT2D eigenvalue weighted by atomic mass is 35.5. The van der Waals surface area contributed by atoms with Crippen LogP contribution in [-0.2, 0) is 29.2 Å². The Morgan fingerprint density at radius 1 is 0.961 bits per heavy atom. The van der Waals surface area contributed by atoms with Crippen molar-refractivity contribution in [2.45, 2.75) is 51.4 Å². The number of hydrogen-bond donors (Lipinski definition) is 5. The summed E-state index contributed by atoms with van der Waals surface area (Å²) in [6, 6.07) is 19.4. The van der Waals surface area contributed by atoms with Gasteiger partial charge >= 0.3 is 6.03 Å². The summed E-state index contributed by atoms with van der Waals surface area (Å²) in [5, 5.41) is 10.8. The van der Waals surface area contributed by atoms with Gasteiger partial charge in [0.05, 0.1) is 12.1 Å². The number of likely N-dealkylation sites (N-methyl/N-ethyl adjacent to an activating group) is 1. The van der Waals surface area contributed by atoms with Gasteiger partial charge in [0.2, 0.25) is 11.8 Å². The molecular formula is C37H45Cl2N9O3. The third-order valence-electron chi connectivity index (χ3n) is 8.83. The Hall–Kier alpha value is -4.78. The number of aromatic nitrogens is 1. The molecule has 4 amide bonds. The van der Waals surface area contributed by atoms with Crippen molar-refractivity contribution in [1.29, 1.82) is 0 Å². The van der Waals surface area contributed by atoms with Crippen LogP contribution in [0.4, 0.5) is 10.5 Å². The molecule has 5 rings (SSSR count). The van der Waals surface area contributed by atoms with Crippen LogP contribution in [-0.4, -0.2) is 77.4 Å². The molecule has 0 unspecified atom stereocenters. The quantitative estimate of drug-likeness (QED) is 0.0663. The third kappa shape index (κ3) is 10.6. The predicted octanol–water partition coefficient (Wildman–Crippen LogP) is 4.91. The van der Waals surface area contributed by atoms with E-state index in [1.54, 1.807) is 0 Å². The number of carbonyl (C=O) groups is 3. The number of halogens is 2. The van der Waals surface area contributed by atoms with Gasteiger partial charge in [-0.1, -0.05) is 65.7 Å². The van der Waals surface area contributed by atoms with Crippen LogP contribution in [0.25, 0.3) is 10.9 Å². The summed E-state index contributed by atoms with van der Waals surface area (Å²) in [5.74, 6) is -0.874. The van der Waals surface area contributed by atoms with E-state index in [4.69, 9.17) is 34.7 Å². The summed E-state index contributed by atoms with van der Waals surface area (Å²) >= 11 is 13.1. The van der Waals surface area contributed by atoms with Crippen LogP contribution in [0.15, 0.2) is 77.9 Å². The van der Waals surface area contributed by atoms with E-state index in [0.717, 1.165) is 41.7 Å². The number of aliphatic imine (C=N–C) groups is 1. The first-order valence-corrected chi connectivity index (χ1v) is 17.8. The molecule has 1 aliphatic rings. The zero-order valence-corrected chi connectivity index (χ0v) is 30.2. The second-order valence-electron chi connectivity index (χ2n) is 12.8. The van der Waals surface area contributed by atoms with Gasteiger partial charge < -0.3 is 36.9 Å². The highest BCUT2D eigenvalue weighted by Crippen LogP contribution is 2.31. The maximum atomic E-state index is 13.3. The first-order chi connectivity index (χ1) is 24.6. The van der Waals surface area contributed by atoms with Crippen LogP contribution in [0, 0.1) is 0 Å². The standard InChI is InChI=1S/C37H45Cl2N9O3/c1-46(24-34(49)45-32(13-8-16-42-36(40)41)35(50)43-20-25-9-3-2-4-10-25)37(51)44-27-14-15-28-26(21-47-17-5-6-18-47)22-48(33(28)19-27)23-29-30(38)11-7-12-31(29)39/h2-4,7,9-12,14-15,19,22,32H,5-6,8,13,16-18,20-21,23-24H2,1H3,(H,43,50)(H,44,51)(H,45,49)(H4,40,41,42)/t32-/m0/s1. The van der Waals surface area contributed by atoms with E-state index in [2.05, 4.69) is 36.6 Å². The molecule has 3 aromatic carbocycles. The smallest absolute Gasteiger partial charge is 0.322 e. The average Bonchev–Trinajstić information content (AvgIpc) is 3.74. The van der Waals surface area contributed by atoms with Gasteiger partial charge in [0, 0.05) is 59.6 Å². The number of benzene rings is 3. The van der Waals surface area contributed by atoms with Crippen molar-refractivity contribution in [3.63, 3.8) is 0 Å². The lowest BCUT2D eigenvalue weighted by atomic mass is 10.1. The Bertz CT molecular complexity index is 1830. The largest absolute Gasteiger partial charge is 0.370 e. The monoisotopic (exact) mass is 733 g/mol. The molecule has 14 heteroatoms. The summed E-state index contributed by atoms with van der Waals surface area (Å²) in [5.41, 5.74) is 15.3. The normalized spacial score (nSPS) is 13.5. The SMILES string of the molecule is CN(CC(=O)N[C@@H](CCCN=C(N)N)C(=O)NCc1ccccc1)C(=O)Nc1ccc2c(CN3CCCC3)cn(Cc3c(Cl)cccc3Cl)c2c1. The molecular weight excluding hydrogens is 689 g/mol. The Morgan fingerprint density at radius 2 is 1.69 bits per heavy atom. The highest BCUT2D eigenvalue weighted by Gasteiger charge is 2.23. The molecule has 0 aliphatic carbocycles. The van der Waals surface area contributed by atoms with E-state index in [1.807, 2.05) is 66.7 Å². The highest BCUT2D eigenvalue weighted by molar-refractivity contribution is 6.36. The van der Waals surface area contributed by atoms with Crippen molar-refractivity contribution in [2.75, 3.05) is 38.5 Å². The van der Waals surface area contributed by atoms with Gasteiger partial charge in [0.1, 0.15) is 12.6 Å². The van der Waals surface area contributed by atoms with Gasteiger partial charge in [-0.3, -0.25) is 19.5 Å². The van der Waals surface area contributed by atoms with E-state index in [-0.39, 0.29) is 18.4 Å². The minimum absolute atomic E-state index is 0.0448. The molecule has 1 aliphatic heterocycles. The van der Waals surface area contributed by atoms with Crippen molar-refractivity contribution >= 4 is 63.6 Å². The van der Waals surface area contributed by atoms with Crippen molar-refractivity contribution in [1.82, 2.24) is 25.0 Å². The first-order valence-electron chi connectivity index (χ1n) is 17.0. The van der Waals surface area contributed by atoms with Crippen LogP contribution in [0.2, 0.25) is 10.0 Å². The predicted molar refractivity (Wildman–Crippen MR) is 204 cm³/mol. The summed E-state index contributed by atoms with van der Waals surface area (Å²) in [7, 11) is 1.52. The molecule has 2 heterocycles. The van der Waals surface area contributed by atoms with E-state index in [9.17, 15) is 14.4 Å². The molecule has 51 heavy (non-hydrogen) atoms. The zero-order chi connectivity index (χ0) is 36.3. The topological polar surface area (TPSA) is 163 Å². The van der Waals surface area contributed by atoms with Crippen LogP contribution >= 0.6 is 23.2 Å². The summed E-state index contributed by atoms with van der Waals surface area (Å²) in [6.07, 6.45) is 5.28. The molecule has 4 aromatic rings. The second-order valence-corrected chi connectivity index (χ2v) is 13.6. The fraction of sp³-hybridized carbons (Fsp3) is 0.351. The number of nitrogens with two attached hydrogens (primary N) is 2. The summed E-state index contributed by atoms with van der Waals surface area (Å²) < 4.78 is 2.11. The number of rotatable bonds is 15. The van der Waals surface area contributed by atoms with Crippen molar-refractivity contribution in [3.8, 4) is 0 Å². The zero-order valence-electron chi connectivity index (χ0n) is 28.7. The molecule has 1 aromatic heterocycles. The second kappa shape index (κ2) is 17.9. The van der Waals surface area contributed by atoms with Gasteiger partial charge in [0.25, 0.3) is 0 Å². The van der Waals surface area contributed by atoms with E-state index >= 15 is 0 Å². The fourth-order valence-corrected chi connectivity index (χ4v) is 6.68. The lowest BCUT2D eigenvalue weighted by Crippen LogP contribution is -2.50. The van der Waals surface area contributed by atoms with E-state index in [0.29, 0.717) is 48.2 Å². The number of carbonyl (C=O) groups excluding carboxylic acids is 3. The van der Waals surface area contributed by atoms with Crippen molar-refractivity contribution in [2.24, 2.45) is 16.5 Å². The number of nitrogens with zero attached hydrogens (tertiary/aromatic N) is 4. The number of amides is 4. The third-order valence-corrected chi connectivity index (χ3v) is 9.54. The van der Waals surface area contributed by atoms with Gasteiger partial charge in [0.15, 0.2) is 5.96 Å². The Morgan fingerprint density at radius 3 is 2.39 bits per heavy atom. The lowest BCUT2D eigenvalue weighted by Gasteiger charge is -2.22. The lowest BCUT2D eigenvalue weighted by molar-refractivity contribution is -0.129. The van der Waals surface area contributed by atoms with Gasteiger partial charge in [-0.15, -0.1) is 0 Å². The Kier molecular flexibility index (Phi) is 13.2. The molecule has 1 atom stereocenters. The van der Waals surface area contributed by atoms with Gasteiger partial charge in [-0.05, 0) is 74.2 Å². The molecule has 1 fully saturated rings. The minimum Gasteiger partial charge on any atom is -0.370 e. The van der Waals surface area contributed by atoms with Crippen molar-refractivity contribution in [3.05, 3.63) is 99.7 Å². The number of hydrogen-bond acceptors (Lipinski definition) is 5. The maximum absolute atomic E-state index is 13.3. The van der Waals surface area contributed by atoms with Crippen LogP contribution in [0.1, 0.15) is 42.4 Å². The number of anilines is 1. The maximum Gasteiger partial charge on any atom is 0.322 e. The molecule has 0 radical (unpaired) electrons. The Balaban J connectivity index is 1.25.